The average Bonchev–Trinajstić information content (AvgIpc) is 3.40. The minimum absolute atomic E-state index is 0.365. The van der Waals surface area contributed by atoms with Crippen LogP contribution in [0.25, 0.3) is 10.9 Å². The van der Waals surface area contributed by atoms with Crippen molar-refractivity contribution in [1.82, 2.24) is 14.4 Å². The molecule has 2 fully saturated rings. The van der Waals surface area contributed by atoms with Crippen LogP contribution in [0.3, 0.4) is 0 Å². The number of hydrogen-bond donors (Lipinski definition) is 0. The van der Waals surface area contributed by atoms with E-state index in [1.54, 1.807) is 0 Å². The molecule has 2 aromatic rings. The Kier molecular flexibility index (Phi) is 4.65. The van der Waals surface area contributed by atoms with Gasteiger partial charge in [0, 0.05) is 61.9 Å². The van der Waals surface area contributed by atoms with Gasteiger partial charge in [-0.3, -0.25) is 4.90 Å². The zero-order valence-corrected chi connectivity index (χ0v) is 16.9. The molecule has 1 aliphatic carbocycles. The van der Waals surface area contributed by atoms with E-state index < -0.39 is 0 Å². The SMILES string of the molecule is CC(C)N1CCC(Oc2ccc3c(c2)cc2n3CCN(CC3CC3)C2)CC1. The van der Waals surface area contributed by atoms with E-state index in [2.05, 4.69) is 52.5 Å². The maximum absolute atomic E-state index is 6.36. The molecule has 2 aliphatic heterocycles. The lowest BCUT2D eigenvalue weighted by Gasteiger charge is -2.34. The Hall–Kier alpha value is -1.52. The van der Waals surface area contributed by atoms with E-state index in [9.17, 15) is 0 Å². The molecule has 146 valence electrons. The van der Waals surface area contributed by atoms with Gasteiger partial charge in [0.2, 0.25) is 0 Å². The van der Waals surface area contributed by atoms with Crippen LogP contribution in [-0.2, 0) is 13.1 Å². The molecule has 4 nitrogen and oxygen atoms in total. The van der Waals surface area contributed by atoms with Gasteiger partial charge in [-0.2, -0.15) is 0 Å². The zero-order chi connectivity index (χ0) is 18.4. The van der Waals surface area contributed by atoms with Gasteiger partial charge >= 0.3 is 0 Å². The predicted molar refractivity (Wildman–Crippen MR) is 110 cm³/mol. The van der Waals surface area contributed by atoms with Crippen LogP contribution in [0, 0.1) is 5.92 Å². The molecule has 1 aromatic heterocycles. The van der Waals surface area contributed by atoms with Crippen molar-refractivity contribution in [2.45, 2.75) is 64.8 Å². The van der Waals surface area contributed by atoms with E-state index in [-0.39, 0.29) is 0 Å². The van der Waals surface area contributed by atoms with Crippen molar-refractivity contribution < 1.29 is 4.74 Å². The van der Waals surface area contributed by atoms with Crippen LogP contribution in [-0.4, -0.2) is 52.7 Å². The fraction of sp³-hybridized carbons (Fsp3) is 0.652. The van der Waals surface area contributed by atoms with Crippen molar-refractivity contribution in [2.24, 2.45) is 5.92 Å². The van der Waals surface area contributed by atoms with E-state index >= 15 is 0 Å². The molecular formula is C23H33N3O. The summed E-state index contributed by atoms with van der Waals surface area (Å²) in [6.45, 7) is 11.6. The number of piperidine rings is 1. The summed E-state index contributed by atoms with van der Waals surface area (Å²) >= 11 is 0. The minimum Gasteiger partial charge on any atom is -0.490 e. The second kappa shape index (κ2) is 7.14. The summed E-state index contributed by atoms with van der Waals surface area (Å²) in [5, 5.41) is 1.34. The lowest BCUT2D eigenvalue weighted by atomic mass is 10.1. The smallest absolute Gasteiger partial charge is 0.120 e. The normalized spacial score (nSPS) is 22.5. The molecule has 4 heteroatoms. The van der Waals surface area contributed by atoms with Crippen molar-refractivity contribution in [3.63, 3.8) is 0 Å². The van der Waals surface area contributed by atoms with Gasteiger partial charge in [-0.15, -0.1) is 0 Å². The molecule has 1 aromatic carbocycles. The van der Waals surface area contributed by atoms with Crippen molar-refractivity contribution in [2.75, 3.05) is 26.2 Å². The fourth-order valence-electron chi connectivity index (χ4n) is 4.85. The molecule has 3 aliphatic rings. The Labute approximate surface area is 163 Å². The van der Waals surface area contributed by atoms with Gasteiger partial charge in [0.1, 0.15) is 11.9 Å². The minimum atomic E-state index is 0.365. The topological polar surface area (TPSA) is 20.6 Å². The van der Waals surface area contributed by atoms with Gasteiger partial charge in [-0.25, -0.2) is 0 Å². The zero-order valence-electron chi connectivity index (χ0n) is 16.9. The summed E-state index contributed by atoms with van der Waals surface area (Å²) < 4.78 is 8.88. The summed E-state index contributed by atoms with van der Waals surface area (Å²) in [5.41, 5.74) is 2.84. The largest absolute Gasteiger partial charge is 0.490 e. The first-order chi connectivity index (χ1) is 13.2. The predicted octanol–water partition coefficient (Wildman–Crippen LogP) is 4.12. The monoisotopic (exact) mass is 367 g/mol. The Bertz CT molecular complexity index is 799. The third kappa shape index (κ3) is 3.74. The van der Waals surface area contributed by atoms with Crippen LogP contribution in [0.2, 0.25) is 0 Å². The first-order valence-corrected chi connectivity index (χ1v) is 10.9. The molecule has 3 heterocycles. The molecular weight excluding hydrogens is 334 g/mol. The van der Waals surface area contributed by atoms with Gasteiger partial charge in [-0.1, -0.05) is 0 Å². The fourth-order valence-corrected chi connectivity index (χ4v) is 4.85. The highest BCUT2D eigenvalue weighted by molar-refractivity contribution is 5.83. The van der Waals surface area contributed by atoms with Gasteiger partial charge in [0.05, 0.1) is 0 Å². The van der Waals surface area contributed by atoms with Crippen LogP contribution in [0.5, 0.6) is 5.75 Å². The highest BCUT2D eigenvalue weighted by Crippen LogP contribution is 2.33. The van der Waals surface area contributed by atoms with Crippen molar-refractivity contribution in [3.8, 4) is 5.75 Å². The highest BCUT2D eigenvalue weighted by atomic mass is 16.5. The molecule has 5 rings (SSSR count). The molecule has 0 N–H and O–H groups in total. The summed E-state index contributed by atoms with van der Waals surface area (Å²) in [6.07, 6.45) is 5.52. The van der Waals surface area contributed by atoms with E-state index in [4.69, 9.17) is 4.74 Å². The third-order valence-corrected chi connectivity index (χ3v) is 6.71. The van der Waals surface area contributed by atoms with Crippen molar-refractivity contribution in [1.29, 1.82) is 0 Å². The first kappa shape index (κ1) is 17.6. The number of hydrogen-bond acceptors (Lipinski definition) is 3. The van der Waals surface area contributed by atoms with E-state index in [1.807, 2.05) is 0 Å². The Morgan fingerprint density at radius 1 is 1.00 bits per heavy atom. The highest BCUT2D eigenvalue weighted by Gasteiger charge is 2.27. The van der Waals surface area contributed by atoms with E-state index in [0.717, 1.165) is 50.7 Å². The lowest BCUT2D eigenvalue weighted by molar-refractivity contribution is 0.0844. The maximum Gasteiger partial charge on any atom is 0.120 e. The molecule has 0 radical (unpaired) electrons. The number of ether oxygens (including phenoxy) is 1. The molecule has 1 saturated carbocycles. The standard InChI is InChI=1S/C23H33N3O/c1-17(2)25-9-7-21(8-10-25)27-22-5-6-23-19(14-22)13-20-16-24(11-12-26(20)23)15-18-3-4-18/h5-6,13-14,17-18,21H,3-4,7-12,15-16H2,1-2H3. The molecule has 27 heavy (non-hydrogen) atoms. The van der Waals surface area contributed by atoms with Crippen LogP contribution in [0.1, 0.15) is 45.2 Å². The summed E-state index contributed by atoms with van der Waals surface area (Å²) in [7, 11) is 0. The maximum atomic E-state index is 6.36. The first-order valence-electron chi connectivity index (χ1n) is 10.9. The summed E-state index contributed by atoms with van der Waals surface area (Å²) in [4.78, 5) is 5.20. The van der Waals surface area contributed by atoms with Gasteiger partial charge in [-0.05, 0) is 69.7 Å². The molecule has 0 amide bonds. The second-order valence-corrected chi connectivity index (χ2v) is 9.13. The van der Waals surface area contributed by atoms with E-state index in [1.165, 1.54) is 42.5 Å². The quantitative estimate of drug-likeness (QED) is 0.793. The van der Waals surface area contributed by atoms with Crippen LogP contribution < -0.4 is 4.74 Å². The number of fused-ring (bicyclic) bond motifs is 3. The molecule has 1 saturated heterocycles. The van der Waals surface area contributed by atoms with Crippen molar-refractivity contribution in [3.05, 3.63) is 30.0 Å². The lowest BCUT2D eigenvalue weighted by Crippen LogP contribution is -2.41. The van der Waals surface area contributed by atoms with Crippen LogP contribution in [0.4, 0.5) is 0 Å². The van der Waals surface area contributed by atoms with Crippen molar-refractivity contribution >= 4 is 10.9 Å². The summed E-state index contributed by atoms with van der Waals surface area (Å²) in [6, 6.07) is 9.76. The third-order valence-electron chi connectivity index (χ3n) is 6.71. The summed E-state index contributed by atoms with van der Waals surface area (Å²) in [5.74, 6) is 2.02. The van der Waals surface area contributed by atoms with Gasteiger partial charge in [0.15, 0.2) is 0 Å². The molecule has 0 atom stereocenters. The number of likely N-dealkylation sites (tertiary alicyclic amines) is 1. The van der Waals surface area contributed by atoms with Crippen LogP contribution in [0.15, 0.2) is 24.3 Å². The molecule has 0 unspecified atom stereocenters. The number of aromatic nitrogens is 1. The van der Waals surface area contributed by atoms with E-state index in [0.29, 0.717) is 12.1 Å². The number of rotatable bonds is 5. The van der Waals surface area contributed by atoms with Gasteiger partial charge < -0.3 is 14.2 Å². The molecule has 0 spiro atoms. The number of nitrogens with zero attached hydrogens (tertiary/aromatic N) is 3. The Morgan fingerprint density at radius 3 is 2.56 bits per heavy atom. The Morgan fingerprint density at radius 2 is 1.81 bits per heavy atom. The van der Waals surface area contributed by atoms with Crippen LogP contribution >= 0.6 is 0 Å². The average molecular weight is 368 g/mol. The number of benzene rings is 1. The Balaban J connectivity index is 1.27. The molecule has 0 bridgehead atoms. The van der Waals surface area contributed by atoms with Gasteiger partial charge in [0.25, 0.3) is 0 Å². The second-order valence-electron chi connectivity index (χ2n) is 9.13.